The molecule has 0 aromatic carbocycles. The van der Waals surface area contributed by atoms with Gasteiger partial charge in [-0.05, 0) is 31.9 Å². The molecule has 0 saturated heterocycles. The first-order valence-electron chi connectivity index (χ1n) is 8.87. The number of pyridine rings is 1. The normalized spacial score (nSPS) is 16.2. The van der Waals surface area contributed by atoms with Crippen LogP contribution in [0.4, 0.5) is 10.6 Å². The lowest BCUT2D eigenvalue weighted by Gasteiger charge is -2.24. The van der Waals surface area contributed by atoms with Crippen LogP contribution < -0.4 is 15.4 Å². The van der Waals surface area contributed by atoms with Crippen molar-refractivity contribution in [3.8, 4) is 5.75 Å². The van der Waals surface area contributed by atoms with Gasteiger partial charge in [-0.15, -0.1) is 0 Å². The zero-order chi connectivity index (χ0) is 17.5. The van der Waals surface area contributed by atoms with Crippen LogP contribution >= 0.6 is 0 Å². The number of hydrogen-bond acceptors (Lipinski definition) is 4. The molecule has 0 spiro atoms. The van der Waals surface area contributed by atoms with Crippen LogP contribution in [0.15, 0.2) is 36.8 Å². The number of nitrogens with zero attached hydrogens (tertiary/aromatic N) is 3. The van der Waals surface area contributed by atoms with Gasteiger partial charge in [0.05, 0.1) is 25.0 Å². The van der Waals surface area contributed by atoms with Crippen molar-refractivity contribution in [3.63, 3.8) is 0 Å². The molecule has 0 aliphatic heterocycles. The molecule has 2 N–H and O–H groups in total. The van der Waals surface area contributed by atoms with E-state index in [1.165, 1.54) is 19.3 Å². The highest BCUT2D eigenvalue weighted by Crippen LogP contribution is 2.29. The van der Waals surface area contributed by atoms with Crippen molar-refractivity contribution in [2.24, 2.45) is 0 Å². The van der Waals surface area contributed by atoms with Crippen molar-refractivity contribution in [2.45, 2.75) is 51.2 Å². The maximum Gasteiger partial charge on any atom is 0.320 e. The van der Waals surface area contributed by atoms with Crippen LogP contribution in [0.25, 0.3) is 0 Å². The first kappa shape index (κ1) is 17.3. The highest BCUT2D eigenvalue weighted by Gasteiger charge is 2.19. The molecule has 1 atom stereocenters. The smallest absolute Gasteiger partial charge is 0.320 e. The molecule has 3 rings (SSSR count). The van der Waals surface area contributed by atoms with Crippen molar-refractivity contribution in [2.75, 3.05) is 11.9 Å². The summed E-state index contributed by atoms with van der Waals surface area (Å²) in [6, 6.07) is 5.62. The monoisotopic (exact) mass is 343 g/mol. The molecule has 25 heavy (non-hydrogen) atoms. The van der Waals surface area contributed by atoms with Gasteiger partial charge in [-0.1, -0.05) is 19.3 Å². The Morgan fingerprint density at radius 1 is 1.32 bits per heavy atom. The van der Waals surface area contributed by atoms with Gasteiger partial charge in [-0.3, -0.25) is 10.3 Å². The summed E-state index contributed by atoms with van der Waals surface area (Å²) in [7, 11) is 0. The Balaban J connectivity index is 1.47. The molecule has 2 heterocycles. The van der Waals surface area contributed by atoms with E-state index in [4.69, 9.17) is 4.74 Å². The molecule has 1 aliphatic carbocycles. The summed E-state index contributed by atoms with van der Waals surface area (Å²) in [4.78, 5) is 16.2. The van der Waals surface area contributed by atoms with E-state index < -0.39 is 0 Å². The number of ether oxygens (including phenoxy) is 1. The van der Waals surface area contributed by atoms with Crippen LogP contribution in [-0.2, 0) is 0 Å². The standard InChI is InChI=1S/C18H25N5O2/c1-14(25-16-8-5-10-19-13-16)12-20-18(24)22-17-9-11-21-23(17)15-6-3-2-4-7-15/h5,8-11,13-15H,2-4,6-7,12H2,1H3,(H2,20,22,24)/t14-/m1/s1. The lowest BCUT2D eigenvalue weighted by atomic mass is 9.96. The molecule has 1 fully saturated rings. The Morgan fingerprint density at radius 2 is 2.16 bits per heavy atom. The van der Waals surface area contributed by atoms with E-state index in [0.717, 1.165) is 18.7 Å². The van der Waals surface area contributed by atoms with E-state index in [0.29, 0.717) is 18.3 Å². The van der Waals surface area contributed by atoms with E-state index >= 15 is 0 Å². The van der Waals surface area contributed by atoms with Gasteiger partial charge in [0.2, 0.25) is 0 Å². The number of amides is 2. The van der Waals surface area contributed by atoms with Crippen LogP contribution in [0.3, 0.4) is 0 Å². The number of rotatable bonds is 6. The fourth-order valence-electron chi connectivity index (χ4n) is 3.12. The minimum Gasteiger partial charge on any atom is -0.487 e. The quantitative estimate of drug-likeness (QED) is 0.842. The average Bonchev–Trinajstić information content (AvgIpc) is 3.10. The van der Waals surface area contributed by atoms with Gasteiger partial charge in [-0.25, -0.2) is 9.48 Å². The van der Waals surface area contributed by atoms with Gasteiger partial charge in [0.15, 0.2) is 0 Å². The minimum atomic E-state index is -0.251. The molecule has 1 saturated carbocycles. The predicted octanol–water partition coefficient (Wildman–Crippen LogP) is 3.37. The van der Waals surface area contributed by atoms with Gasteiger partial charge in [-0.2, -0.15) is 5.10 Å². The first-order chi connectivity index (χ1) is 12.2. The third kappa shape index (κ3) is 4.95. The topological polar surface area (TPSA) is 81.1 Å². The molecule has 7 heteroatoms. The van der Waals surface area contributed by atoms with Crippen LogP contribution in [0.1, 0.15) is 45.1 Å². The van der Waals surface area contributed by atoms with E-state index in [1.807, 2.05) is 29.8 Å². The Kier molecular flexibility index (Phi) is 5.87. The SMILES string of the molecule is C[C@H](CNC(=O)Nc1ccnn1C1CCCCC1)Oc1cccnc1. The molecular formula is C18H25N5O2. The number of nitrogens with one attached hydrogen (secondary N) is 2. The second kappa shape index (κ2) is 8.50. The number of anilines is 1. The fourth-order valence-corrected chi connectivity index (χ4v) is 3.12. The number of carbonyl (C=O) groups excluding carboxylic acids is 1. The molecule has 0 radical (unpaired) electrons. The summed E-state index contributed by atoms with van der Waals surface area (Å²) in [5.74, 6) is 1.43. The molecule has 134 valence electrons. The lowest BCUT2D eigenvalue weighted by molar-refractivity contribution is 0.211. The lowest BCUT2D eigenvalue weighted by Crippen LogP contribution is -2.37. The molecule has 7 nitrogen and oxygen atoms in total. The summed E-state index contributed by atoms with van der Waals surface area (Å²) in [5, 5.41) is 10.1. The minimum absolute atomic E-state index is 0.154. The predicted molar refractivity (Wildman–Crippen MR) is 95.7 cm³/mol. The summed E-state index contributed by atoms with van der Waals surface area (Å²) in [5.41, 5.74) is 0. The third-order valence-electron chi connectivity index (χ3n) is 4.35. The Morgan fingerprint density at radius 3 is 2.92 bits per heavy atom. The molecular weight excluding hydrogens is 318 g/mol. The van der Waals surface area contributed by atoms with Gasteiger partial charge in [0.1, 0.15) is 17.7 Å². The van der Waals surface area contributed by atoms with Gasteiger partial charge in [0.25, 0.3) is 0 Å². The highest BCUT2D eigenvalue weighted by atomic mass is 16.5. The largest absolute Gasteiger partial charge is 0.487 e. The highest BCUT2D eigenvalue weighted by molar-refractivity contribution is 5.88. The van der Waals surface area contributed by atoms with E-state index in [9.17, 15) is 4.79 Å². The molecule has 0 unspecified atom stereocenters. The summed E-state index contributed by atoms with van der Waals surface area (Å²) >= 11 is 0. The number of carbonyl (C=O) groups is 1. The Hall–Kier alpha value is -2.57. The number of aromatic nitrogens is 3. The van der Waals surface area contributed by atoms with Crippen LogP contribution in [0.5, 0.6) is 5.75 Å². The Bertz CT molecular complexity index is 667. The van der Waals surface area contributed by atoms with Crippen molar-refractivity contribution >= 4 is 11.8 Å². The molecule has 2 aromatic heterocycles. The zero-order valence-corrected chi connectivity index (χ0v) is 14.5. The number of hydrogen-bond donors (Lipinski definition) is 2. The first-order valence-corrected chi connectivity index (χ1v) is 8.87. The molecule has 2 amide bonds. The summed E-state index contributed by atoms with van der Waals surface area (Å²) in [6.45, 7) is 2.30. The molecule has 0 bridgehead atoms. The Labute approximate surface area is 147 Å². The fraction of sp³-hybridized carbons (Fsp3) is 0.500. The van der Waals surface area contributed by atoms with E-state index in [2.05, 4.69) is 20.7 Å². The van der Waals surface area contributed by atoms with Crippen molar-refractivity contribution in [1.82, 2.24) is 20.1 Å². The second-order valence-electron chi connectivity index (χ2n) is 6.41. The van der Waals surface area contributed by atoms with Crippen molar-refractivity contribution in [3.05, 3.63) is 36.8 Å². The van der Waals surface area contributed by atoms with Gasteiger partial charge >= 0.3 is 6.03 Å². The van der Waals surface area contributed by atoms with Gasteiger partial charge in [0, 0.05) is 12.3 Å². The molecule has 1 aliphatic rings. The second-order valence-corrected chi connectivity index (χ2v) is 6.41. The average molecular weight is 343 g/mol. The third-order valence-corrected chi connectivity index (χ3v) is 4.35. The zero-order valence-electron chi connectivity index (χ0n) is 14.5. The maximum absolute atomic E-state index is 12.2. The van der Waals surface area contributed by atoms with Crippen LogP contribution in [0, 0.1) is 0 Å². The van der Waals surface area contributed by atoms with Crippen molar-refractivity contribution < 1.29 is 9.53 Å². The van der Waals surface area contributed by atoms with Crippen LogP contribution in [-0.4, -0.2) is 33.4 Å². The van der Waals surface area contributed by atoms with Crippen LogP contribution in [0.2, 0.25) is 0 Å². The van der Waals surface area contributed by atoms with E-state index in [1.54, 1.807) is 18.6 Å². The van der Waals surface area contributed by atoms with E-state index in [-0.39, 0.29) is 12.1 Å². The molecule has 2 aromatic rings. The summed E-state index contributed by atoms with van der Waals surface area (Å²) in [6.07, 6.45) is 10.9. The maximum atomic E-state index is 12.2. The number of urea groups is 1. The van der Waals surface area contributed by atoms with Crippen molar-refractivity contribution in [1.29, 1.82) is 0 Å². The van der Waals surface area contributed by atoms with Gasteiger partial charge < -0.3 is 10.1 Å². The summed E-state index contributed by atoms with van der Waals surface area (Å²) < 4.78 is 7.64.